The number of amides is 2. The van der Waals surface area contributed by atoms with E-state index in [1.54, 1.807) is 0 Å². The maximum absolute atomic E-state index is 15.8. The molecule has 42 heavy (non-hydrogen) atoms. The van der Waals surface area contributed by atoms with Gasteiger partial charge in [0.25, 0.3) is 5.91 Å². The highest BCUT2D eigenvalue weighted by Crippen LogP contribution is 2.47. The molecule has 11 nitrogen and oxygen atoms in total. The number of halogens is 4. The number of piperazine rings is 1. The predicted molar refractivity (Wildman–Crippen MR) is 148 cm³/mol. The van der Waals surface area contributed by atoms with Gasteiger partial charge in [-0.15, -0.1) is 21.5 Å². The van der Waals surface area contributed by atoms with Crippen molar-refractivity contribution in [3.05, 3.63) is 57.6 Å². The second-order valence-electron chi connectivity index (χ2n) is 9.52. The summed E-state index contributed by atoms with van der Waals surface area (Å²) < 4.78 is 37.5. The number of fused-ring (bicyclic) bond motifs is 3. The van der Waals surface area contributed by atoms with Crippen molar-refractivity contribution in [2.24, 2.45) is 0 Å². The summed E-state index contributed by atoms with van der Waals surface area (Å²) in [5.74, 6) is -2.26. The average Bonchev–Trinajstić information content (AvgIpc) is 3.52. The summed E-state index contributed by atoms with van der Waals surface area (Å²) >= 11 is 13.5. The van der Waals surface area contributed by atoms with Crippen LogP contribution >= 0.6 is 34.5 Å². The van der Waals surface area contributed by atoms with E-state index in [4.69, 9.17) is 33.7 Å². The zero-order valence-corrected chi connectivity index (χ0v) is 23.5. The maximum atomic E-state index is 15.8. The number of thiophene rings is 1. The van der Waals surface area contributed by atoms with Crippen molar-refractivity contribution >= 4 is 61.6 Å². The van der Waals surface area contributed by atoms with Gasteiger partial charge in [-0.25, -0.2) is 18.1 Å². The number of aromatic nitrogens is 3. The zero-order valence-electron chi connectivity index (χ0n) is 21.1. The van der Waals surface area contributed by atoms with Gasteiger partial charge in [0, 0.05) is 24.0 Å². The third kappa shape index (κ3) is 4.18. The standard InChI is InChI=1S/C26H16Cl2F2N8O3S/c27-20-19(13-1-2-16(29)22-18(13)15(6-32)23(33)42-22)17(30)5-14-21(20)41-9-12-8-37(26(40)38-10-34-35-25(38)28)11(3-4-31)7-36(12)24(14)39/h1-2,5,10-12H,3,7-9,33H2. The number of hydrogen-bond acceptors (Lipinski definition) is 9. The second kappa shape index (κ2) is 10.4. The van der Waals surface area contributed by atoms with Gasteiger partial charge < -0.3 is 20.3 Å². The van der Waals surface area contributed by atoms with Crippen LogP contribution in [0.25, 0.3) is 21.2 Å². The second-order valence-corrected chi connectivity index (χ2v) is 11.3. The van der Waals surface area contributed by atoms with Crippen LogP contribution in [0.1, 0.15) is 22.3 Å². The van der Waals surface area contributed by atoms with Crippen LogP contribution in [0.3, 0.4) is 0 Å². The first-order valence-corrected chi connectivity index (χ1v) is 13.8. The minimum atomic E-state index is -0.902. The number of anilines is 1. The Bertz CT molecular complexity index is 1900. The van der Waals surface area contributed by atoms with Gasteiger partial charge in [0.2, 0.25) is 5.28 Å². The van der Waals surface area contributed by atoms with Crippen molar-refractivity contribution in [3.63, 3.8) is 0 Å². The monoisotopic (exact) mass is 628 g/mol. The molecule has 4 heterocycles. The highest BCUT2D eigenvalue weighted by atomic mass is 35.5. The predicted octanol–water partition coefficient (Wildman–Crippen LogP) is 4.67. The number of nitrogen functional groups attached to an aromatic ring is 1. The van der Waals surface area contributed by atoms with Gasteiger partial charge in [-0.1, -0.05) is 17.7 Å². The van der Waals surface area contributed by atoms with E-state index in [0.717, 1.165) is 34.4 Å². The normalized spacial score (nSPS) is 18.1. The molecule has 4 aromatic rings. The Kier molecular flexibility index (Phi) is 6.85. The molecule has 2 atom stereocenters. The molecule has 2 aliphatic heterocycles. The molecule has 0 bridgehead atoms. The van der Waals surface area contributed by atoms with E-state index in [2.05, 4.69) is 10.2 Å². The quantitative estimate of drug-likeness (QED) is 0.336. The molecule has 2 aliphatic rings. The highest BCUT2D eigenvalue weighted by Gasteiger charge is 2.43. The van der Waals surface area contributed by atoms with Crippen molar-refractivity contribution in [1.29, 1.82) is 10.5 Å². The first kappa shape index (κ1) is 27.7. The Morgan fingerprint density at radius 3 is 2.69 bits per heavy atom. The van der Waals surface area contributed by atoms with Crippen LogP contribution in [0.4, 0.5) is 18.6 Å². The van der Waals surface area contributed by atoms with Crippen molar-refractivity contribution in [2.75, 3.05) is 25.4 Å². The van der Waals surface area contributed by atoms with Gasteiger partial charge >= 0.3 is 6.03 Å². The highest BCUT2D eigenvalue weighted by molar-refractivity contribution is 7.23. The Labute approximate surface area is 249 Å². The van der Waals surface area contributed by atoms with Gasteiger partial charge in [0.05, 0.1) is 45.4 Å². The molecule has 16 heteroatoms. The van der Waals surface area contributed by atoms with Crippen molar-refractivity contribution in [1.82, 2.24) is 24.6 Å². The first-order chi connectivity index (χ1) is 20.2. The summed E-state index contributed by atoms with van der Waals surface area (Å²) in [6.45, 7) is -0.217. The van der Waals surface area contributed by atoms with Crippen molar-refractivity contribution in [2.45, 2.75) is 18.5 Å². The summed E-state index contributed by atoms with van der Waals surface area (Å²) in [7, 11) is 0. The zero-order chi connectivity index (χ0) is 29.9. The number of nitriles is 2. The van der Waals surface area contributed by atoms with Crippen LogP contribution in [0.2, 0.25) is 10.3 Å². The number of nitrogens with two attached hydrogens (primary N) is 1. The topological polar surface area (TPSA) is 154 Å². The first-order valence-electron chi connectivity index (χ1n) is 12.3. The van der Waals surface area contributed by atoms with Crippen LogP contribution in [-0.4, -0.2) is 68.3 Å². The lowest BCUT2D eigenvalue weighted by Crippen LogP contribution is -2.62. The Morgan fingerprint density at radius 2 is 2.00 bits per heavy atom. The summed E-state index contributed by atoms with van der Waals surface area (Å²) in [5, 5.41) is 26.1. The minimum Gasteiger partial charge on any atom is -0.489 e. The summed E-state index contributed by atoms with van der Waals surface area (Å²) in [5.41, 5.74) is 5.67. The maximum Gasteiger partial charge on any atom is 0.332 e. The van der Waals surface area contributed by atoms with E-state index in [1.165, 1.54) is 15.9 Å². The fraction of sp³-hybridized carbons (Fsp3) is 0.231. The molecule has 0 saturated carbocycles. The number of hydrogen-bond donors (Lipinski definition) is 1. The van der Waals surface area contributed by atoms with Gasteiger partial charge in [-0.3, -0.25) is 4.79 Å². The fourth-order valence-electron chi connectivity index (χ4n) is 5.33. The van der Waals surface area contributed by atoms with E-state index < -0.39 is 35.7 Å². The molecular formula is C26H16Cl2F2N8O3S. The largest absolute Gasteiger partial charge is 0.489 e. The molecule has 0 spiro atoms. The third-order valence-corrected chi connectivity index (χ3v) is 8.91. The average molecular weight is 629 g/mol. The van der Waals surface area contributed by atoms with Crippen molar-refractivity contribution in [3.8, 4) is 29.0 Å². The van der Waals surface area contributed by atoms with Crippen LogP contribution in [0, 0.1) is 34.3 Å². The molecular weight excluding hydrogens is 613 g/mol. The lowest BCUT2D eigenvalue weighted by molar-refractivity contribution is 0.0286. The van der Waals surface area contributed by atoms with E-state index >= 15 is 4.39 Å². The summed E-state index contributed by atoms with van der Waals surface area (Å²) in [4.78, 5) is 29.8. The minimum absolute atomic E-state index is 0.0227. The van der Waals surface area contributed by atoms with Gasteiger partial charge in [-0.05, 0) is 29.3 Å². The number of nitrogens with zero attached hydrogens (tertiary/aromatic N) is 7. The van der Waals surface area contributed by atoms with Crippen LogP contribution < -0.4 is 10.5 Å². The molecule has 1 fully saturated rings. The van der Waals surface area contributed by atoms with Crippen LogP contribution in [0.15, 0.2) is 24.5 Å². The molecule has 2 aromatic heterocycles. The lowest BCUT2D eigenvalue weighted by Gasteiger charge is -2.44. The van der Waals surface area contributed by atoms with E-state index in [-0.39, 0.29) is 79.5 Å². The van der Waals surface area contributed by atoms with Crippen LogP contribution in [0.5, 0.6) is 5.75 Å². The summed E-state index contributed by atoms with van der Waals surface area (Å²) in [6, 6.07) is 5.34. The molecule has 2 unspecified atom stereocenters. The van der Waals surface area contributed by atoms with E-state index in [0.29, 0.717) is 0 Å². The number of carbonyl (C=O) groups excluding carboxylic acids is 2. The van der Waals surface area contributed by atoms with E-state index in [1.807, 2.05) is 12.1 Å². The molecule has 2 aromatic carbocycles. The molecule has 212 valence electrons. The number of carbonyl (C=O) groups is 2. The van der Waals surface area contributed by atoms with Gasteiger partial charge in [0.1, 0.15) is 35.6 Å². The van der Waals surface area contributed by atoms with Crippen molar-refractivity contribution < 1.29 is 23.1 Å². The molecule has 0 radical (unpaired) electrons. The molecule has 0 aliphatic carbocycles. The van der Waals surface area contributed by atoms with Crippen LogP contribution in [-0.2, 0) is 0 Å². The lowest BCUT2D eigenvalue weighted by atomic mass is 9.96. The SMILES string of the molecule is N#CCC1CN2C(=O)c3cc(F)c(-c4ccc(F)c5sc(N)c(C#N)c45)c(Cl)c3OCC2CN1C(=O)n1cnnc1Cl. The number of ether oxygens (including phenoxy) is 1. The van der Waals surface area contributed by atoms with Gasteiger partial charge in [-0.2, -0.15) is 10.5 Å². The smallest absolute Gasteiger partial charge is 0.332 e. The number of rotatable bonds is 2. The Hall–Kier alpha value is -4.50. The fourth-order valence-corrected chi connectivity index (χ4v) is 6.79. The third-order valence-electron chi connectivity index (χ3n) is 7.27. The Balaban J connectivity index is 1.43. The molecule has 2 amide bonds. The molecule has 1 saturated heterocycles. The van der Waals surface area contributed by atoms with E-state index in [9.17, 15) is 24.5 Å². The Morgan fingerprint density at radius 1 is 1.21 bits per heavy atom. The molecule has 6 rings (SSSR count). The van der Waals surface area contributed by atoms with Gasteiger partial charge in [0.15, 0.2) is 5.75 Å². The number of benzene rings is 2. The molecule has 2 N–H and O–H groups in total. The summed E-state index contributed by atoms with van der Waals surface area (Å²) in [6.07, 6.45) is 1.04.